The van der Waals surface area contributed by atoms with Gasteiger partial charge in [0.15, 0.2) is 5.75 Å². The second kappa shape index (κ2) is 6.03. The van der Waals surface area contributed by atoms with E-state index < -0.39 is 0 Å². The van der Waals surface area contributed by atoms with Crippen LogP contribution in [0.4, 0.5) is 0 Å². The minimum Gasteiger partial charge on any atom is -0.508 e. The molecule has 0 unspecified atom stereocenters. The van der Waals surface area contributed by atoms with Crippen LogP contribution < -0.4 is 4.74 Å². The summed E-state index contributed by atoms with van der Waals surface area (Å²) in [6, 6.07) is 18.6. The SMILES string of the molecule is Oc1ccc(Oc2c(-c3ccc(O)cc3)sc3cc(O)ccc23)cc1. The van der Waals surface area contributed by atoms with Crippen molar-refractivity contribution >= 4 is 21.4 Å². The maximum absolute atomic E-state index is 9.76. The number of rotatable bonds is 3. The van der Waals surface area contributed by atoms with Crippen LogP contribution in [0.3, 0.4) is 0 Å². The average molecular weight is 350 g/mol. The number of aromatic hydroxyl groups is 3. The van der Waals surface area contributed by atoms with Crippen LogP contribution >= 0.6 is 11.3 Å². The topological polar surface area (TPSA) is 69.9 Å². The van der Waals surface area contributed by atoms with E-state index in [1.165, 1.54) is 11.3 Å². The maximum Gasteiger partial charge on any atom is 0.153 e. The van der Waals surface area contributed by atoms with Crippen molar-refractivity contribution in [2.45, 2.75) is 0 Å². The van der Waals surface area contributed by atoms with Crippen molar-refractivity contribution in [3.8, 4) is 39.2 Å². The quantitative estimate of drug-likeness (QED) is 0.458. The second-order valence-electron chi connectivity index (χ2n) is 5.58. The van der Waals surface area contributed by atoms with Gasteiger partial charge in [0.2, 0.25) is 0 Å². The van der Waals surface area contributed by atoms with Gasteiger partial charge >= 0.3 is 0 Å². The smallest absolute Gasteiger partial charge is 0.153 e. The highest BCUT2D eigenvalue weighted by molar-refractivity contribution is 7.22. The van der Waals surface area contributed by atoms with Gasteiger partial charge in [-0.1, -0.05) is 0 Å². The van der Waals surface area contributed by atoms with Gasteiger partial charge in [0, 0.05) is 10.1 Å². The van der Waals surface area contributed by atoms with E-state index in [4.69, 9.17) is 4.74 Å². The fourth-order valence-corrected chi connectivity index (χ4v) is 3.77. The first-order valence-electron chi connectivity index (χ1n) is 7.62. The van der Waals surface area contributed by atoms with Crippen LogP contribution in [0.25, 0.3) is 20.5 Å². The van der Waals surface area contributed by atoms with E-state index in [2.05, 4.69) is 0 Å². The highest BCUT2D eigenvalue weighted by Crippen LogP contribution is 2.47. The molecule has 1 aromatic heterocycles. The molecular weight excluding hydrogens is 336 g/mol. The number of phenolic OH excluding ortho intramolecular Hbond substituents is 3. The Labute approximate surface area is 147 Å². The predicted molar refractivity (Wildman–Crippen MR) is 98.8 cm³/mol. The Morgan fingerprint density at radius 1 is 0.680 bits per heavy atom. The summed E-state index contributed by atoms with van der Waals surface area (Å²) in [6.07, 6.45) is 0. The standard InChI is InChI=1S/C20H14O4S/c21-13-3-1-12(2-4-13)20-19(24-16-8-5-14(22)6-9-16)17-10-7-15(23)11-18(17)25-20/h1-11,21-23H. The lowest BCUT2D eigenvalue weighted by atomic mass is 10.1. The van der Waals surface area contributed by atoms with E-state index in [9.17, 15) is 15.3 Å². The highest BCUT2D eigenvalue weighted by atomic mass is 32.1. The van der Waals surface area contributed by atoms with Gasteiger partial charge in [0.25, 0.3) is 0 Å². The number of phenols is 3. The third-order valence-corrected chi connectivity index (χ3v) is 5.00. The summed E-state index contributed by atoms with van der Waals surface area (Å²) in [7, 11) is 0. The lowest BCUT2D eigenvalue weighted by Crippen LogP contribution is -1.85. The lowest BCUT2D eigenvalue weighted by molar-refractivity contribution is 0.467. The molecular formula is C20H14O4S. The molecule has 124 valence electrons. The van der Waals surface area contributed by atoms with Gasteiger partial charge in [-0.25, -0.2) is 0 Å². The molecule has 0 bridgehead atoms. The number of benzene rings is 3. The van der Waals surface area contributed by atoms with E-state index in [0.717, 1.165) is 20.5 Å². The predicted octanol–water partition coefficient (Wildman–Crippen LogP) is 5.48. The van der Waals surface area contributed by atoms with Crippen molar-refractivity contribution in [3.05, 3.63) is 66.7 Å². The summed E-state index contributed by atoms with van der Waals surface area (Å²) in [5, 5.41) is 29.6. The molecule has 0 spiro atoms. The van der Waals surface area contributed by atoms with E-state index in [0.29, 0.717) is 11.5 Å². The third kappa shape index (κ3) is 2.97. The van der Waals surface area contributed by atoms with E-state index >= 15 is 0 Å². The second-order valence-corrected chi connectivity index (χ2v) is 6.64. The summed E-state index contributed by atoms with van der Waals surface area (Å²) in [5.41, 5.74) is 0.910. The van der Waals surface area contributed by atoms with Crippen LogP contribution in [0.1, 0.15) is 0 Å². The highest BCUT2D eigenvalue weighted by Gasteiger charge is 2.17. The molecule has 5 heteroatoms. The molecule has 4 rings (SSSR count). The van der Waals surface area contributed by atoms with Crippen LogP contribution in [0, 0.1) is 0 Å². The molecule has 0 fully saturated rings. The normalized spacial score (nSPS) is 10.9. The Morgan fingerprint density at radius 2 is 1.28 bits per heavy atom. The summed E-state index contributed by atoms with van der Waals surface area (Å²) >= 11 is 1.50. The van der Waals surface area contributed by atoms with Crippen molar-refractivity contribution in [2.75, 3.05) is 0 Å². The fourth-order valence-electron chi connectivity index (χ4n) is 2.60. The molecule has 0 aliphatic rings. The first-order chi connectivity index (χ1) is 12.1. The number of thiophene rings is 1. The molecule has 0 atom stereocenters. The molecule has 1 heterocycles. The number of hydrogen-bond acceptors (Lipinski definition) is 5. The molecule has 25 heavy (non-hydrogen) atoms. The lowest BCUT2D eigenvalue weighted by Gasteiger charge is -2.08. The van der Waals surface area contributed by atoms with Gasteiger partial charge in [-0.15, -0.1) is 11.3 Å². The minimum atomic E-state index is 0.172. The summed E-state index contributed by atoms with van der Waals surface area (Å²) < 4.78 is 7.00. The zero-order valence-electron chi connectivity index (χ0n) is 13.0. The van der Waals surface area contributed by atoms with Gasteiger partial charge in [0.05, 0.1) is 4.88 Å². The van der Waals surface area contributed by atoms with Crippen molar-refractivity contribution in [1.82, 2.24) is 0 Å². The first-order valence-corrected chi connectivity index (χ1v) is 8.43. The van der Waals surface area contributed by atoms with Gasteiger partial charge in [0.1, 0.15) is 23.0 Å². The van der Waals surface area contributed by atoms with E-state index in [-0.39, 0.29) is 17.2 Å². The Morgan fingerprint density at radius 3 is 1.96 bits per heavy atom. The van der Waals surface area contributed by atoms with Gasteiger partial charge in [-0.05, 0) is 72.3 Å². The molecule has 0 aliphatic heterocycles. The zero-order valence-corrected chi connectivity index (χ0v) is 13.8. The van der Waals surface area contributed by atoms with Gasteiger partial charge < -0.3 is 20.1 Å². The first kappa shape index (κ1) is 15.4. The summed E-state index contributed by atoms with van der Waals surface area (Å²) in [5.74, 6) is 1.85. The summed E-state index contributed by atoms with van der Waals surface area (Å²) in [4.78, 5) is 0.897. The molecule has 3 aromatic carbocycles. The number of fused-ring (bicyclic) bond motifs is 1. The largest absolute Gasteiger partial charge is 0.508 e. The van der Waals surface area contributed by atoms with Crippen LogP contribution in [-0.2, 0) is 0 Å². The van der Waals surface area contributed by atoms with E-state index in [1.54, 1.807) is 48.5 Å². The zero-order chi connectivity index (χ0) is 17.4. The van der Waals surface area contributed by atoms with Crippen LogP contribution in [0.15, 0.2) is 66.7 Å². The van der Waals surface area contributed by atoms with Crippen LogP contribution in [0.5, 0.6) is 28.7 Å². The Balaban J connectivity index is 1.88. The minimum absolute atomic E-state index is 0.172. The molecule has 0 radical (unpaired) electrons. The van der Waals surface area contributed by atoms with Crippen LogP contribution in [0.2, 0.25) is 0 Å². The number of hydrogen-bond donors (Lipinski definition) is 3. The third-order valence-electron chi connectivity index (χ3n) is 3.81. The molecule has 3 N–H and O–H groups in total. The summed E-state index contributed by atoms with van der Waals surface area (Å²) in [6.45, 7) is 0. The van der Waals surface area contributed by atoms with Gasteiger partial charge in [-0.2, -0.15) is 0 Å². The van der Waals surface area contributed by atoms with Crippen LogP contribution in [-0.4, -0.2) is 15.3 Å². The molecule has 4 nitrogen and oxygen atoms in total. The van der Waals surface area contributed by atoms with Crippen molar-refractivity contribution in [3.63, 3.8) is 0 Å². The molecule has 0 aliphatic carbocycles. The molecule has 0 saturated heterocycles. The monoisotopic (exact) mass is 350 g/mol. The molecule has 4 aromatic rings. The Hall–Kier alpha value is -3.18. The van der Waals surface area contributed by atoms with Crippen molar-refractivity contribution in [1.29, 1.82) is 0 Å². The Kier molecular flexibility index (Phi) is 3.71. The Bertz CT molecular complexity index is 1030. The average Bonchev–Trinajstić information content (AvgIpc) is 2.95. The van der Waals surface area contributed by atoms with Gasteiger partial charge in [-0.3, -0.25) is 0 Å². The maximum atomic E-state index is 9.76. The fraction of sp³-hybridized carbons (Fsp3) is 0. The number of ether oxygens (including phenoxy) is 1. The molecule has 0 saturated carbocycles. The van der Waals surface area contributed by atoms with Crippen molar-refractivity contribution < 1.29 is 20.1 Å². The van der Waals surface area contributed by atoms with Crippen molar-refractivity contribution in [2.24, 2.45) is 0 Å². The molecule has 0 amide bonds. The van der Waals surface area contributed by atoms with E-state index in [1.807, 2.05) is 18.2 Å².